The zero-order chi connectivity index (χ0) is 15.5. The normalized spacial score (nSPS) is 10.9. The maximum absolute atomic E-state index is 13.1. The quantitative estimate of drug-likeness (QED) is 0.871. The van der Waals surface area contributed by atoms with Gasteiger partial charge in [-0.25, -0.2) is 12.8 Å². The molecule has 4 nitrogen and oxygen atoms in total. The van der Waals surface area contributed by atoms with Crippen LogP contribution < -0.4 is 4.74 Å². The van der Waals surface area contributed by atoms with Crippen LogP contribution in [0.5, 0.6) is 5.75 Å². The van der Waals surface area contributed by atoms with Gasteiger partial charge in [0, 0.05) is 0 Å². The Hall–Kier alpha value is -2.39. The highest BCUT2D eigenvalue weighted by molar-refractivity contribution is 7.90. The molecule has 0 aliphatic rings. The number of methoxy groups -OCH3 is 1. The third-order valence-corrected chi connectivity index (χ3v) is 4.58. The van der Waals surface area contributed by atoms with Crippen LogP contribution in [0, 0.1) is 17.1 Å². The van der Waals surface area contributed by atoms with Crippen LogP contribution in [0.2, 0.25) is 0 Å². The van der Waals surface area contributed by atoms with Crippen molar-refractivity contribution in [1.29, 1.82) is 5.26 Å². The molecular formula is C15H12FNO3S. The maximum atomic E-state index is 13.1. The molecule has 0 aliphatic heterocycles. The van der Waals surface area contributed by atoms with E-state index in [4.69, 9.17) is 10.00 Å². The second-order valence-corrected chi connectivity index (χ2v) is 6.35. The molecule has 0 amide bonds. The molecule has 2 aromatic carbocycles. The van der Waals surface area contributed by atoms with E-state index in [0.717, 1.165) is 6.07 Å². The van der Waals surface area contributed by atoms with E-state index in [2.05, 4.69) is 0 Å². The van der Waals surface area contributed by atoms with Gasteiger partial charge >= 0.3 is 0 Å². The van der Waals surface area contributed by atoms with E-state index in [0.29, 0.717) is 16.9 Å². The standard InChI is InChI=1S/C15H12FNO3S/c1-20-15-7-11(5-6-12(15)9-17)10-21(18,19)14-4-2-3-13(16)8-14/h2-8H,10H2,1H3. The third-order valence-electron chi connectivity index (χ3n) is 2.90. The summed E-state index contributed by atoms with van der Waals surface area (Å²) in [5.41, 5.74) is 0.791. The number of rotatable bonds is 4. The van der Waals surface area contributed by atoms with Gasteiger partial charge in [-0.15, -0.1) is 0 Å². The molecule has 0 radical (unpaired) electrons. The molecule has 21 heavy (non-hydrogen) atoms. The molecule has 0 bridgehead atoms. The molecule has 108 valence electrons. The Morgan fingerprint density at radius 1 is 1.24 bits per heavy atom. The highest BCUT2D eigenvalue weighted by Crippen LogP contribution is 2.23. The molecule has 0 saturated carbocycles. The van der Waals surface area contributed by atoms with Gasteiger partial charge in [0.05, 0.1) is 23.3 Å². The van der Waals surface area contributed by atoms with E-state index in [9.17, 15) is 12.8 Å². The fourth-order valence-corrected chi connectivity index (χ4v) is 3.24. The number of ether oxygens (including phenoxy) is 1. The molecule has 0 atom stereocenters. The van der Waals surface area contributed by atoms with Crippen molar-refractivity contribution in [2.45, 2.75) is 10.6 Å². The van der Waals surface area contributed by atoms with E-state index in [-0.39, 0.29) is 10.6 Å². The van der Waals surface area contributed by atoms with Crippen molar-refractivity contribution < 1.29 is 17.5 Å². The lowest BCUT2D eigenvalue weighted by atomic mass is 10.1. The van der Waals surface area contributed by atoms with Gasteiger partial charge in [-0.05, 0) is 35.9 Å². The minimum atomic E-state index is -3.66. The smallest absolute Gasteiger partial charge is 0.182 e. The summed E-state index contributed by atoms with van der Waals surface area (Å²) in [5, 5.41) is 8.89. The van der Waals surface area contributed by atoms with Crippen LogP contribution in [0.25, 0.3) is 0 Å². The number of halogens is 1. The largest absolute Gasteiger partial charge is 0.495 e. The van der Waals surface area contributed by atoms with Crippen molar-refractivity contribution in [3.8, 4) is 11.8 Å². The van der Waals surface area contributed by atoms with Crippen molar-refractivity contribution in [2.24, 2.45) is 0 Å². The van der Waals surface area contributed by atoms with Gasteiger partial charge in [0.2, 0.25) is 0 Å². The van der Waals surface area contributed by atoms with Gasteiger partial charge in [-0.2, -0.15) is 5.26 Å². The Morgan fingerprint density at radius 3 is 2.62 bits per heavy atom. The number of nitriles is 1. The van der Waals surface area contributed by atoms with Gasteiger partial charge in [-0.1, -0.05) is 12.1 Å². The summed E-state index contributed by atoms with van der Waals surface area (Å²) in [6.07, 6.45) is 0. The van der Waals surface area contributed by atoms with Gasteiger partial charge in [0.25, 0.3) is 0 Å². The van der Waals surface area contributed by atoms with Gasteiger partial charge in [0.1, 0.15) is 17.6 Å². The first-order valence-electron chi connectivity index (χ1n) is 6.01. The summed E-state index contributed by atoms with van der Waals surface area (Å²) in [4.78, 5) is -0.0779. The first-order chi connectivity index (χ1) is 9.96. The average Bonchev–Trinajstić information content (AvgIpc) is 2.46. The maximum Gasteiger partial charge on any atom is 0.182 e. The molecular weight excluding hydrogens is 293 g/mol. The summed E-state index contributed by atoms with van der Waals surface area (Å²) in [7, 11) is -2.26. The van der Waals surface area contributed by atoms with Crippen molar-refractivity contribution in [3.05, 3.63) is 59.4 Å². The molecule has 0 aromatic heterocycles. The molecule has 0 heterocycles. The van der Waals surface area contributed by atoms with Gasteiger partial charge in [-0.3, -0.25) is 0 Å². The zero-order valence-corrected chi connectivity index (χ0v) is 12.0. The SMILES string of the molecule is COc1cc(CS(=O)(=O)c2cccc(F)c2)ccc1C#N. The van der Waals surface area contributed by atoms with Crippen molar-refractivity contribution in [1.82, 2.24) is 0 Å². The summed E-state index contributed by atoms with van der Waals surface area (Å²) in [6.45, 7) is 0. The first kappa shape index (κ1) is 15.0. The predicted molar refractivity (Wildman–Crippen MR) is 75.0 cm³/mol. The second-order valence-electron chi connectivity index (χ2n) is 4.36. The van der Waals surface area contributed by atoms with Crippen LogP contribution in [-0.2, 0) is 15.6 Å². The van der Waals surface area contributed by atoms with E-state index in [1.807, 2.05) is 6.07 Å². The Balaban J connectivity index is 2.35. The molecule has 0 fully saturated rings. The molecule has 0 spiro atoms. The topological polar surface area (TPSA) is 67.2 Å². The van der Waals surface area contributed by atoms with E-state index >= 15 is 0 Å². The summed E-state index contributed by atoms with van der Waals surface area (Å²) >= 11 is 0. The highest BCUT2D eigenvalue weighted by atomic mass is 32.2. The van der Waals surface area contributed by atoms with Crippen LogP contribution in [0.15, 0.2) is 47.4 Å². The van der Waals surface area contributed by atoms with Crippen molar-refractivity contribution in [3.63, 3.8) is 0 Å². The molecule has 2 aromatic rings. The summed E-state index contributed by atoms with van der Waals surface area (Å²) in [5.74, 6) is -0.587. The van der Waals surface area contributed by atoms with E-state index in [1.54, 1.807) is 0 Å². The number of nitrogens with zero attached hydrogens (tertiary/aromatic N) is 1. The molecule has 6 heteroatoms. The third kappa shape index (κ3) is 3.38. The molecule has 2 rings (SSSR count). The van der Waals surface area contributed by atoms with E-state index in [1.165, 1.54) is 43.5 Å². The Bertz CT molecular complexity index is 810. The van der Waals surface area contributed by atoms with Gasteiger partial charge < -0.3 is 4.74 Å². The fourth-order valence-electron chi connectivity index (χ4n) is 1.88. The lowest BCUT2D eigenvalue weighted by Gasteiger charge is -2.08. The minimum Gasteiger partial charge on any atom is -0.495 e. The van der Waals surface area contributed by atoms with Crippen LogP contribution in [0.4, 0.5) is 4.39 Å². The Kier molecular flexibility index (Phi) is 4.24. The van der Waals surface area contributed by atoms with Crippen molar-refractivity contribution in [2.75, 3.05) is 7.11 Å². The predicted octanol–water partition coefficient (Wildman–Crippen LogP) is 2.68. The molecule has 0 saturated heterocycles. The highest BCUT2D eigenvalue weighted by Gasteiger charge is 2.17. The monoisotopic (exact) mass is 305 g/mol. The van der Waals surface area contributed by atoms with E-state index < -0.39 is 15.7 Å². The van der Waals surface area contributed by atoms with Crippen LogP contribution in [0.1, 0.15) is 11.1 Å². The van der Waals surface area contributed by atoms with Crippen LogP contribution in [0.3, 0.4) is 0 Å². The minimum absolute atomic E-state index is 0.0779. The van der Waals surface area contributed by atoms with Crippen LogP contribution >= 0.6 is 0 Å². The van der Waals surface area contributed by atoms with Gasteiger partial charge in [0.15, 0.2) is 9.84 Å². The average molecular weight is 305 g/mol. The lowest BCUT2D eigenvalue weighted by molar-refractivity contribution is 0.413. The number of sulfone groups is 1. The Morgan fingerprint density at radius 2 is 2.00 bits per heavy atom. The number of hydrogen-bond donors (Lipinski definition) is 0. The molecule has 0 unspecified atom stereocenters. The number of benzene rings is 2. The first-order valence-corrected chi connectivity index (χ1v) is 7.67. The summed E-state index contributed by atoms with van der Waals surface area (Å²) in [6, 6.07) is 11.3. The summed E-state index contributed by atoms with van der Waals surface area (Å²) < 4.78 is 42.6. The lowest BCUT2D eigenvalue weighted by Crippen LogP contribution is -2.05. The number of hydrogen-bond acceptors (Lipinski definition) is 4. The molecule has 0 aliphatic carbocycles. The van der Waals surface area contributed by atoms with Crippen molar-refractivity contribution >= 4 is 9.84 Å². The second kappa shape index (κ2) is 5.94. The van der Waals surface area contributed by atoms with Crippen LogP contribution in [-0.4, -0.2) is 15.5 Å². The Labute approximate surface area is 122 Å². The molecule has 0 N–H and O–H groups in total. The fraction of sp³-hybridized carbons (Fsp3) is 0.133. The zero-order valence-electron chi connectivity index (χ0n) is 11.2.